The van der Waals surface area contributed by atoms with E-state index >= 15 is 0 Å². The lowest BCUT2D eigenvalue weighted by atomic mass is 10.3. The van der Waals surface area contributed by atoms with E-state index in [1.807, 2.05) is 0 Å². The number of hydrogen-bond donors (Lipinski definition) is 0. The Balaban J connectivity index is 2.58. The van der Waals surface area contributed by atoms with Crippen molar-refractivity contribution in [3.63, 3.8) is 0 Å². The van der Waals surface area contributed by atoms with E-state index in [0.717, 1.165) is 0 Å². The minimum atomic E-state index is -0.461. The molecule has 1 aromatic heterocycles. The van der Waals surface area contributed by atoms with E-state index in [1.54, 1.807) is 18.2 Å². The lowest BCUT2D eigenvalue weighted by Gasteiger charge is -1.99. The summed E-state index contributed by atoms with van der Waals surface area (Å²) in [7, 11) is 0. The van der Waals surface area contributed by atoms with Gasteiger partial charge in [-0.15, -0.1) is 5.10 Å². The van der Waals surface area contributed by atoms with E-state index in [1.165, 1.54) is 16.9 Å². The van der Waals surface area contributed by atoms with Gasteiger partial charge in [0, 0.05) is 6.07 Å². The molecule has 1 heterocycles. The van der Waals surface area contributed by atoms with Crippen LogP contribution in [0.2, 0.25) is 0 Å². The predicted octanol–water partition coefficient (Wildman–Crippen LogP) is 0.976. The third-order valence-corrected chi connectivity index (χ3v) is 1.70. The Hall–Kier alpha value is -2.24. The molecule has 0 bridgehead atoms. The Morgan fingerprint density at radius 1 is 1.43 bits per heavy atom. The average molecular weight is 189 g/mol. The van der Waals surface area contributed by atoms with Crippen LogP contribution in [-0.2, 0) is 0 Å². The topological polar surface area (TPSA) is 73.8 Å². The van der Waals surface area contributed by atoms with Crippen LogP contribution in [0.15, 0.2) is 30.5 Å². The summed E-state index contributed by atoms with van der Waals surface area (Å²) in [5.74, 6) is 0. The predicted molar refractivity (Wildman–Crippen MR) is 46.8 cm³/mol. The summed E-state index contributed by atoms with van der Waals surface area (Å²) in [6.45, 7) is 0. The zero-order valence-corrected chi connectivity index (χ0v) is 6.99. The number of aromatic nitrogens is 3. The van der Waals surface area contributed by atoms with Gasteiger partial charge >= 0.3 is 0 Å². The first-order valence-corrected chi connectivity index (χ1v) is 3.81. The van der Waals surface area contributed by atoms with Gasteiger partial charge in [0.1, 0.15) is 11.9 Å². The van der Waals surface area contributed by atoms with Gasteiger partial charge in [-0.1, -0.05) is 17.3 Å². The van der Waals surface area contributed by atoms with Crippen LogP contribution in [-0.4, -0.2) is 19.9 Å². The molecule has 6 nitrogen and oxygen atoms in total. The molecule has 0 saturated heterocycles. The highest BCUT2D eigenvalue weighted by molar-refractivity contribution is 5.51. The molecule has 14 heavy (non-hydrogen) atoms. The Morgan fingerprint density at radius 3 is 2.86 bits per heavy atom. The second kappa shape index (κ2) is 3.25. The number of nitro benzene ring substituents is 1. The quantitative estimate of drug-likeness (QED) is 0.521. The molecule has 0 aliphatic carbocycles. The van der Waals surface area contributed by atoms with Gasteiger partial charge in [0.15, 0.2) is 0 Å². The lowest BCUT2D eigenvalue weighted by molar-refractivity contribution is -0.384. The maximum absolute atomic E-state index is 10.7. The van der Waals surface area contributed by atoms with Gasteiger partial charge in [-0.2, -0.15) is 0 Å². The molecule has 0 spiro atoms. The highest BCUT2D eigenvalue weighted by atomic mass is 16.6. The molecule has 2 aromatic rings. The number of benzene rings is 1. The second-order valence-corrected chi connectivity index (χ2v) is 2.54. The van der Waals surface area contributed by atoms with Gasteiger partial charge in [-0.3, -0.25) is 10.1 Å². The van der Waals surface area contributed by atoms with Crippen molar-refractivity contribution in [2.24, 2.45) is 0 Å². The number of para-hydroxylation sites is 2. The molecule has 0 fully saturated rings. The zero-order chi connectivity index (χ0) is 9.97. The summed E-state index contributed by atoms with van der Waals surface area (Å²) in [5, 5.41) is 17.8. The van der Waals surface area contributed by atoms with Crippen LogP contribution in [0.3, 0.4) is 0 Å². The molecule has 1 aromatic carbocycles. The Kier molecular flexibility index (Phi) is 1.94. The highest BCUT2D eigenvalue weighted by Crippen LogP contribution is 2.20. The van der Waals surface area contributed by atoms with Crippen LogP contribution < -0.4 is 0 Å². The minimum absolute atomic E-state index is 0.00796. The molecule has 0 N–H and O–H groups in total. The van der Waals surface area contributed by atoms with Crippen LogP contribution in [0.4, 0.5) is 5.69 Å². The molecule has 1 radical (unpaired) electrons. The molecule has 2 rings (SSSR count). The van der Waals surface area contributed by atoms with Crippen LogP contribution in [0.1, 0.15) is 0 Å². The van der Waals surface area contributed by atoms with Crippen LogP contribution in [0, 0.1) is 16.3 Å². The molecule has 0 saturated carbocycles. The van der Waals surface area contributed by atoms with E-state index in [-0.39, 0.29) is 5.69 Å². The van der Waals surface area contributed by atoms with Crippen molar-refractivity contribution in [1.29, 1.82) is 0 Å². The lowest BCUT2D eigenvalue weighted by Crippen LogP contribution is -2.00. The van der Waals surface area contributed by atoms with Gasteiger partial charge in [-0.25, -0.2) is 4.68 Å². The zero-order valence-electron chi connectivity index (χ0n) is 6.99. The maximum atomic E-state index is 10.7. The van der Waals surface area contributed by atoms with Crippen molar-refractivity contribution < 1.29 is 4.92 Å². The molecule has 0 amide bonds. The van der Waals surface area contributed by atoms with E-state index in [0.29, 0.717) is 5.69 Å². The van der Waals surface area contributed by atoms with Crippen LogP contribution in [0.5, 0.6) is 0 Å². The van der Waals surface area contributed by atoms with Gasteiger partial charge in [0.25, 0.3) is 5.69 Å². The molecular formula is C8H5N4O2. The van der Waals surface area contributed by atoms with Crippen molar-refractivity contribution in [2.75, 3.05) is 0 Å². The Bertz CT molecular complexity index is 452. The maximum Gasteiger partial charge on any atom is 0.294 e. The number of rotatable bonds is 2. The average Bonchev–Trinajstić information content (AvgIpc) is 2.70. The second-order valence-electron chi connectivity index (χ2n) is 2.54. The fraction of sp³-hybridized carbons (Fsp3) is 0. The number of hydrogen-bond acceptors (Lipinski definition) is 4. The van der Waals surface area contributed by atoms with Gasteiger partial charge in [0.05, 0.1) is 11.1 Å². The van der Waals surface area contributed by atoms with E-state index in [9.17, 15) is 10.1 Å². The summed E-state index contributed by atoms with van der Waals surface area (Å²) in [6.07, 6.45) is 3.91. The van der Waals surface area contributed by atoms with Crippen molar-refractivity contribution in [3.05, 3.63) is 46.8 Å². The summed E-state index contributed by atoms with van der Waals surface area (Å²) in [6, 6.07) is 6.31. The molecule has 0 aliphatic heterocycles. The van der Waals surface area contributed by atoms with Crippen molar-refractivity contribution in [2.45, 2.75) is 0 Å². The van der Waals surface area contributed by atoms with E-state index < -0.39 is 4.92 Å². The fourth-order valence-corrected chi connectivity index (χ4v) is 1.11. The summed E-state index contributed by atoms with van der Waals surface area (Å²) in [5.41, 5.74) is 0.373. The van der Waals surface area contributed by atoms with E-state index in [2.05, 4.69) is 16.5 Å². The SMILES string of the molecule is O=[N+]([O-])c1ccccc1-n1c[c]nn1. The Labute approximate surface area is 78.9 Å². The standard InChI is InChI=1S/C8H5N4O2/c13-12(14)8-4-2-1-3-7(8)11-6-5-9-10-11/h1-4,6H. The van der Waals surface area contributed by atoms with Crippen molar-refractivity contribution in [3.8, 4) is 5.69 Å². The van der Waals surface area contributed by atoms with Crippen LogP contribution in [0.25, 0.3) is 5.69 Å². The molecule has 6 heteroatoms. The summed E-state index contributed by atoms with van der Waals surface area (Å²) in [4.78, 5) is 10.2. The number of nitrogens with zero attached hydrogens (tertiary/aromatic N) is 4. The third kappa shape index (κ3) is 1.33. The summed E-state index contributed by atoms with van der Waals surface area (Å²) < 4.78 is 1.30. The first-order valence-electron chi connectivity index (χ1n) is 3.81. The molecule has 69 valence electrons. The highest BCUT2D eigenvalue weighted by Gasteiger charge is 2.13. The largest absolute Gasteiger partial charge is 0.294 e. The fourth-order valence-electron chi connectivity index (χ4n) is 1.11. The Morgan fingerprint density at radius 2 is 2.21 bits per heavy atom. The van der Waals surface area contributed by atoms with Crippen LogP contribution >= 0.6 is 0 Å². The summed E-state index contributed by atoms with van der Waals surface area (Å²) >= 11 is 0. The van der Waals surface area contributed by atoms with Crippen molar-refractivity contribution in [1.82, 2.24) is 15.0 Å². The minimum Gasteiger partial charge on any atom is -0.258 e. The molecular weight excluding hydrogens is 184 g/mol. The third-order valence-electron chi connectivity index (χ3n) is 1.70. The number of nitro groups is 1. The van der Waals surface area contributed by atoms with Gasteiger partial charge in [-0.05, 0) is 6.07 Å². The smallest absolute Gasteiger partial charge is 0.258 e. The molecule has 0 atom stereocenters. The molecule has 0 unspecified atom stereocenters. The normalized spacial score (nSPS) is 10.0. The van der Waals surface area contributed by atoms with Crippen molar-refractivity contribution >= 4 is 5.69 Å². The monoisotopic (exact) mass is 189 g/mol. The van der Waals surface area contributed by atoms with Gasteiger partial charge < -0.3 is 0 Å². The van der Waals surface area contributed by atoms with E-state index in [4.69, 9.17) is 0 Å². The van der Waals surface area contributed by atoms with Gasteiger partial charge in [0.2, 0.25) is 0 Å². The first kappa shape index (κ1) is 8.36. The first-order chi connectivity index (χ1) is 6.79. The molecule has 0 aliphatic rings.